The molecule has 5 rings (SSSR count). The summed E-state index contributed by atoms with van der Waals surface area (Å²) in [5.41, 5.74) is 6.27. The summed E-state index contributed by atoms with van der Waals surface area (Å²) >= 11 is 1.49. The van der Waals surface area contributed by atoms with Gasteiger partial charge < -0.3 is 19.5 Å². The zero-order valence-electron chi connectivity index (χ0n) is 25.8. The standard InChI is InChI=1S/C34H38N4O5S/c1-22-11-9-14-27(23(22)2)38-34-31(32(36-38)24-12-7-6-8-13-24)33(26-19-25(42-4)15-16-28(26)43-5)44-21-30(40)37(34)20-29(39)35-17-10-18-41-3/h6-9,11-16,19,33H,10,17-18,20-21H2,1-5H3,(H,35,39)/t33-/m0/s1. The molecule has 1 aliphatic rings. The fourth-order valence-electron chi connectivity index (χ4n) is 5.40. The second kappa shape index (κ2) is 14.0. The predicted octanol–water partition coefficient (Wildman–Crippen LogP) is 5.50. The highest BCUT2D eigenvalue weighted by Gasteiger charge is 2.39. The zero-order valence-corrected chi connectivity index (χ0v) is 26.6. The van der Waals surface area contributed by atoms with Gasteiger partial charge in [0.2, 0.25) is 11.8 Å². The van der Waals surface area contributed by atoms with Crippen LogP contribution in [0.2, 0.25) is 0 Å². The molecule has 2 heterocycles. The summed E-state index contributed by atoms with van der Waals surface area (Å²) in [6, 6.07) is 21.7. The lowest BCUT2D eigenvalue weighted by molar-refractivity contribution is -0.122. The molecule has 0 unspecified atom stereocenters. The van der Waals surface area contributed by atoms with Crippen LogP contribution in [0.4, 0.5) is 5.82 Å². The number of fused-ring (bicyclic) bond motifs is 1. The van der Waals surface area contributed by atoms with Crippen LogP contribution in [-0.4, -0.2) is 68.4 Å². The van der Waals surface area contributed by atoms with E-state index in [2.05, 4.69) is 18.3 Å². The number of anilines is 1. The van der Waals surface area contributed by atoms with E-state index in [0.717, 1.165) is 39.2 Å². The van der Waals surface area contributed by atoms with Gasteiger partial charge in [0.25, 0.3) is 0 Å². The maximum atomic E-state index is 14.0. The van der Waals surface area contributed by atoms with Gasteiger partial charge in [-0.3, -0.25) is 14.5 Å². The van der Waals surface area contributed by atoms with E-state index in [-0.39, 0.29) is 29.4 Å². The molecule has 1 aliphatic heterocycles. The average molecular weight is 615 g/mol. The van der Waals surface area contributed by atoms with Crippen molar-refractivity contribution in [2.75, 3.05) is 51.7 Å². The highest BCUT2D eigenvalue weighted by Crippen LogP contribution is 2.51. The summed E-state index contributed by atoms with van der Waals surface area (Å²) in [5.74, 6) is 1.63. The molecule has 0 spiro atoms. The van der Waals surface area contributed by atoms with Gasteiger partial charge >= 0.3 is 0 Å². The minimum absolute atomic E-state index is 0.147. The second-order valence-electron chi connectivity index (χ2n) is 10.6. The first-order valence-corrected chi connectivity index (χ1v) is 15.6. The lowest BCUT2D eigenvalue weighted by atomic mass is 9.98. The number of aromatic nitrogens is 2. The normalized spacial score (nSPS) is 14.6. The molecule has 1 N–H and O–H groups in total. The summed E-state index contributed by atoms with van der Waals surface area (Å²) in [7, 11) is 4.89. The molecule has 230 valence electrons. The van der Waals surface area contributed by atoms with Crippen molar-refractivity contribution in [1.29, 1.82) is 0 Å². The maximum Gasteiger partial charge on any atom is 0.240 e. The first-order chi connectivity index (χ1) is 21.4. The molecule has 2 amide bonds. The topological polar surface area (TPSA) is 94.9 Å². The van der Waals surface area contributed by atoms with E-state index in [1.54, 1.807) is 26.2 Å². The van der Waals surface area contributed by atoms with E-state index in [1.807, 2.05) is 72.3 Å². The first-order valence-electron chi connectivity index (χ1n) is 14.5. The Hall–Kier alpha value is -4.28. The van der Waals surface area contributed by atoms with Crippen LogP contribution in [0.1, 0.15) is 33.9 Å². The number of amides is 2. The minimum Gasteiger partial charge on any atom is -0.497 e. The monoisotopic (exact) mass is 614 g/mol. The molecule has 1 atom stereocenters. The number of aryl methyl sites for hydroxylation is 1. The quantitative estimate of drug-likeness (QED) is 0.223. The van der Waals surface area contributed by atoms with E-state index in [9.17, 15) is 9.59 Å². The number of benzene rings is 3. The molecule has 1 aromatic heterocycles. The lowest BCUT2D eigenvalue weighted by Gasteiger charge is -2.24. The third-order valence-corrected chi connectivity index (χ3v) is 9.05. The van der Waals surface area contributed by atoms with Gasteiger partial charge in [0.05, 0.1) is 36.6 Å². The number of thioether (sulfide) groups is 1. The maximum absolute atomic E-state index is 14.0. The van der Waals surface area contributed by atoms with Crippen molar-refractivity contribution in [1.82, 2.24) is 15.1 Å². The van der Waals surface area contributed by atoms with Crippen molar-refractivity contribution in [2.45, 2.75) is 25.5 Å². The molecule has 3 aromatic carbocycles. The third-order valence-electron chi connectivity index (χ3n) is 7.81. The largest absolute Gasteiger partial charge is 0.497 e. The number of nitrogens with zero attached hydrogens (tertiary/aromatic N) is 3. The molecular weight excluding hydrogens is 576 g/mol. The van der Waals surface area contributed by atoms with Gasteiger partial charge in [-0.05, 0) is 55.7 Å². The summed E-state index contributed by atoms with van der Waals surface area (Å²) in [6.07, 6.45) is 0.674. The van der Waals surface area contributed by atoms with E-state index < -0.39 is 0 Å². The molecule has 0 fully saturated rings. The summed E-state index contributed by atoms with van der Waals surface area (Å²) < 4.78 is 18.4. The molecule has 9 nitrogen and oxygen atoms in total. The molecule has 0 saturated heterocycles. The number of methoxy groups -OCH3 is 3. The fraction of sp³-hybridized carbons (Fsp3) is 0.324. The molecule has 0 aliphatic carbocycles. The van der Waals surface area contributed by atoms with Crippen LogP contribution in [0.5, 0.6) is 11.5 Å². The number of rotatable bonds is 11. The van der Waals surface area contributed by atoms with Crippen LogP contribution in [0.15, 0.2) is 66.7 Å². The van der Waals surface area contributed by atoms with Gasteiger partial charge in [0, 0.05) is 37.0 Å². The van der Waals surface area contributed by atoms with E-state index in [1.165, 1.54) is 11.8 Å². The smallest absolute Gasteiger partial charge is 0.240 e. The Kier molecular flexibility index (Phi) is 9.92. The van der Waals surface area contributed by atoms with Crippen LogP contribution in [-0.2, 0) is 14.3 Å². The van der Waals surface area contributed by atoms with Crippen molar-refractivity contribution < 1.29 is 23.8 Å². The molecule has 10 heteroatoms. The molecule has 0 saturated carbocycles. The fourth-order valence-corrected chi connectivity index (χ4v) is 6.61. The number of carbonyl (C=O) groups excluding carboxylic acids is 2. The Balaban J connectivity index is 1.78. The average Bonchev–Trinajstić information content (AvgIpc) is 3.36. The Morgan fingerprint density at radius 2 is 1.82 bits per heavy atom. The Bertz CT molecular complexity index is 1640. The Labute approximate surface area is 262 Å². The summed E-state index contributed by atoms with van der Waals surface area (Å²) in [4.78, 5) is 28.9. The predicted molar refractivity (Wildman–Crippen MR) is 174 cm³/mol. The number of hydrogen-bond donors (Lipinski definition) is 1. The Morgan fingerprint density at radius 3 is 2.55 bits per heavy atom. The van der Waals surface area contributed by atoms with Crippen LogP contribution < -0.4 is 19.7 Å². The van der Waals surface area contributed by atoms with Gasteiger partial charge in [0.1, 0.15) is 23.9 Å². The number of nitrogens with one attached hydrogen (secondary N) is 1. The molecule has 44 heavy (non-hydrogen) atoms. The summed E-state index contributed by atoms with van der Waals surface area (Å²) in [5, 5.41) is 7.80. The van der Waals surface area contributed by atoms with Gasteiger partial charge in [-0.2, -0.15) is 5.10 Å². The lowest BCUT2D eigenvalue weighted by Crippen LogP contribution is -2.42. The zero-order chi connectivity index (χ0) is 31.2. The van der Waals surface area contributed by atoms with Crippen molar-refractivity contribution in [3.63, 3.8) is 0 Å². The van der Waals surface area contributed by atoms with Gasteiger partial charge in [-0.1, -0.05) is 42.5 Å². The van der Waals surface area contributed by atoms with E-state index in [0.29, 0.717) is 36.9 Å². The van der Waals surface area contributed by atoms with Gasteiger partial charge in [-0.15, -0.1) is 11.8 Å². The van der Waals surface area contributed by atoms with E-state index >= 15 is 0 Å². The van der Waals surface area contributed by atoms with Crippen molar-refractivity contribution in [3.8, 4) is 28.4 Å². The van der Waals surface area contributed by atoms with Crippen LogP contribution in [0.3, 0.4) is 0 Å². The van der Waals surface area contributed by atoms with Gasteiger partial charge in [-0.25, -0.2) is 4.68 Å². The molecule has 0 bridgehead atoms. The second-order valence-corrected chi connectivity index (χ2v) is 11.7. The highest BCUT2D eigenvalue weighted by molar-refractivity contribution is 8.00. The minimum atomic E-state index is -0.358. The van der Waals surface area contributed by atoms with Crippen LogP contribution >= 0.6 is 11.8 Å². The number of ether oxygens (including phenoxy) is 3. The SMILES string of the molecule is COCCCNC(=O)CN1C(=O)CS[C@@H](c2cc(OC)ccc2OC)c2c(-c3ccccc3)nn(-c3cccc(C)c3C)c21. The summed E-state index contributed by atoms with van der Waals surface area (Å²) in [6.45, 7) is 4.93. The van der Waals surface area contributed by atoms with Crippen LogP contribution in [0.25, 0.3) is 16.9 Å². The molecule has 0 radical (unpaired) electrons. The third kappa shape index (κ3) is 6.32. The highest BCUT2D eigenvalue weighted by atomic mass is 32.2. The first kappa shape index (κ1) is 31.2. The molecule has 4 aromatic rings. The van der Waals surface area contributed by atoms with Gasteiger partial charge in [0.15, 0.2) is 0 Å². The number of carbonyl (C=O) groups is 2. The van der Waals surface area contributed by atoms with Crippen molar-refractivity contribution in [3.05, 3.63) is 89.0 Å². The van der Waals surface area contributed by atoms with Crippen molar-refractivity contribution in [2.24, 2.45) is 0 Å². The van der Waals surface area contributed by atoms with E-state index in [4.69, 9.17) is 19.3 Å². The van der Waals surface area contributed by atoms with Crippen LogP contribution in [0, 0.1) is 13.8 Å². The van der Waals surface area contributed by atoms with Crippen molar-refractivity contribution >= 4 is 29.4 Å². The molecular formula is C34H38N4O5S. The number of hydrogen-bond acceptors (Lipinski definition) is 7. The Morgan fingerprint density at radius 1 is 1.02 bits per heavy atom.